The molecule has 2 aromatic rings. The van der Waals surface area contributed by atoms with Gasteiger partial charge in [-0.2, -0.15) is 0 Å². The largest absolute Gasteiger partial charge is 0.487 e. The van der Waals surface area contributed by atoms with Gasteiger partial charge in [0, 0.05) is 24.0 Å². The number of benzene rings is 1. The summed E-state index contributed by atoms with van der Waals surface area (Å²) in [5, 5.41) is 6.44. The van der Waals surface area contributed by atoms with E-state index in [0.29, 0.717) is 23.8 Å². The zero-order valence-corrected chi connectivity index (χ0v) is 18.8. The summed E-state index contributed by atoms with van der Waals surface area (Å²) in [4.78, 5) is 19.2. The van der Waals surface area contributed by atoms with Crippen LogP contribution in [0.25, 0.3) is 0 Å². The number of piperidine rings is 1. The first-order valence-corrected chi connectivity index (χ1v) is 10.2. The van der Waals surface area contributed by atoms with E-state index < -0.39 is 0 Å². The quantitative estimate of drug-likeness (QED) is 0.688. The number of aryl methyl sites for hydroxylation is 1. The lowest BCUT2D eigenvalue weighted by atomic mass is 9.96. The molecule has 1 aromatic heterocycles. The molecule has 2 heterocycles. The molecule has 1 aliphatic rings. The summed E-state index contributed by atoms with van der Waals surface area (Å²) in [5.41, 5.74) is 1.62. The summed E-state index contributed by atoms with van der Waals surface area (Å²) < 4.78 is 5.81. The van der Waals surface area contributed by atoms with E-state index in [1.807, 2.05) is 41.5 Å². The highest BCUT2D eigenvalue weighted by molar-refractivity contribution is 7.09. The Hall–Kier alpha value is -1.34. The molecule has 1 aliphatic heterocycles. The zero-order valence-electron chi connectivity index (χ0n) is 16.3. The van der Waals surface area contributed by atoms with Gasteiger partial charge in [-0.3, -0.25) is 4.79 Å². The Morgan fingerprint density at radius 2 is 2.07 bits per heavy atom. The molecule has 0 spiro atoms. The number of nitrogens with one attached hydrogen (secondary N) is 1. The van der Waals surface area contributed by atoms with Gasteiger partial charge in [0.25, 0.3) is 5.91 Å². The second kappa shape index (κ2) is 12.3. The summed E-state index contributed by atoms with van der Waals surface area (Å²) in [6, 6.07) is 7.48. The molecule has 1 aromatic carbocycles. The first-order valence-electron chi connectivity index (χ1n) is 9.29. The van der Waals surface area contributed by atoms with Crippen molar-refractivity contribution in [1.82, 2.24) is 15.2 Å². The molecule has 1 N–H and O–H groups in total. The number of aromatic nitrogens is 1. The number of ether oxygens (including phenoxy) is 1. The summed E-state index contributed by atoms with van der Waals surface area (Å²) in [6.07, 6.45) is 2.14. The van der Waals surface area contributed by atoms with Crippen molar-refractivity contribution < 1.29 is 9.53 Å². The standard InChI is InChI=1S/C20H27N3O2S.2ClH/c1-3-21-12-16-7-9-23(10-8-16)20(24)17-5-4-6-19(11-17)25-13-18-14-26-15(2)22-18;;/h4-6,11,14,16,21H,3,7-10,12-13H2,1-2H3;2*1H. The van der Waals surface area contributed by atoms with Crippen LogP contribution in [0.1, 0.15) is 40.8 Å². The maximum absolute atomic E-state index is 12.8. The molecular weight excluding hydrogens is 417 g/mol. The Morgan fingerprint density at radius 1 is 1.32 bits per heavy atom. The van der Waals surface area contributed by atoms with Gasteiger partial charge in [-0.15, -0.1) is 36.2 Å². The number of likely N-dealkylation sites (tertiary alicyclic amines) is 1. The normalized spacial score (nSPS) is 14.1. The van der Waals surface area contributed by atoms with Crippen LogP contribution in [0.3, 0.4) is 0 Å². The molecule has 0 saturated carbocycles. The zero-order chi connectivity index (χ0) is 18.4. The number of hydrogen-bond donors (Lipinski definition) is 1. The Morgan fingerprint density at radius 3 is 2.71 bits per heavy atom. The lowest BCUT2D eigenvalue weighted by molar-refractivity contribution is 0.0690. The smallest absolute Gasteiger partial charge is 0.253 e. The van der Waals surface area contributed by atoms with Crippen LogP contribution in [0.15, 0.2) is 29.6 Å². The lowest BCUT2D eigenvalue weighted by Crippen LogP contribution is -2.40. The van der Waals surface area contributed by atoms with Crippen LogP contribution in [-0.4, -0.2) is 42.0 Å². The van der Waals surface area contributed by atoms with Crippen molar-refractivity contribution in [3.8, 4) is 5.75 Å². The summed E-state index contributed by atoms with van der Waals surface area (Å²) in [6.45, 7) is 8.26. The van der Waals surface area contributed by atoms with Gasteiger partial charge in [0.1, 0.15) is 12.4 Å². The SMILES string of the molecule is CCNCC1CCN(C(=O)c2cccc(OCc3csc(C)n3)c2)CC1.Cl.Cl. The maximum atomic E-state index is 12.8. The second-order valence-electron chi connectivity index (χ2n) is 6.72. The molecule has 0 atom stereocenters. The van der Waals surface area contributed by atoms with Crippen LogP contribution in [0, 0.1) is 12.8 Å². The number of rotatable bonds is 7. The van der Waals surface area contributed by atoms with Crippen molar-refractivity contribution in [3.63, 3.8) is 0 Å². The minimum Gasteiger partial charge on any atom is -0.487 e. The van der Waals surface area contributed by atoms with Gasteiger partial charge in [0.2, 0.25) is 0 Å². The molecule has 8 heteroatoms. The van der Waals surface area contributed by atoms with Gasteiger partial charge in [0.15, 0.2) is 0 Å². The van der Waals surface area contributed by atoms with Crippen LogP contribution in [0.2, 0.25) is 0 Å². The fraction of sp³-hybridized carbons (Fsp3) is 0.500. The number of thiazole rings is 1. The third-order valence-corrected chi connectivity index (χ3v) is 5.54. The minimum atomic E-state index is 0. The number of amides is 1. The van der Waals surface area contributed by atoms with Gasteiger partial charge < -0.3 is 15.0 Å². The Bertz CT molecular complexity index is 734. The van der Waals surface area contributed by atoms with E-state index in [4.69, 9.17) is 4.74 Å². The van der Waals surface area contributed by atoms with Gasteiger partial charge in [-0.1, -0.05) is 13.0 Å². The monoisotopic (exact) mass is 445 g/mol. The number of nitrogens with zero attached hydrogens (tertiary/aromatic N) is 2. The van der Waals surface area contributed by atoms with E-state index in [-0.39, 0.29) is 30.7 Å². The molecule has 0 aliphatic carbocycles. The predicted octanol–water partition coefficient (Wildman–Crippen LogP) is 4.34. The van der Waals surface area contributed by atoms with Crippen LogP contribution < -0.4 is 10.1 Å². The Labute approximate surface area is 183 Å². The molecule has 1 amide bonds. The number of halogens is 2. The molecule has 0 bridgehead atoms. The van der Waals surface area contributed by atoms with Gasteiger partial charge in [0.05, 0.1) is 10.7 Å². The molecule has 28 heavy (non-hydrogen) atoms. The van der Waals surface area contributed by atoms with Crippen LogP contribution in [0.5, 0.6) is 5.75 Å². The Kier molecular flexibility index (Phi) is 10.8. The number of carbonyl (C=O) groups excluding carboxylic acids is 1. The van der Waals surface area contributed by atoms with Crippen molar-refractivity contribution in [1.29, 1.82) is 0 Å². The average Bonchev–Trinajstić information content (AvgIpc) is 3.10. The minimum absolute atomic E-state index is 0. The van der Waals surface area contributed by atoms with Crippen molar-refractivity contribution in [3.05, 3.63) is 45.9 Å². The predicted molar refractivity (Wildman–Crippen MR) is 119 cm³/mol. The van der Waals surface area contributed by atoms with Crippen molar-refractivity contribution in [2.24, 2.45) is 5.92 Å². The van der Waals surface area contributed by atoms with Gasteiger partial charge in [-0.05, 0) is 57.0 Å². The highest BCUT2D eigenvalue weighted by Gasteiger charge is 2.23. The van der Waals surface area contributed by atoms with Crippen LogP contribution >= 0.6 is 36.2 Å². The Balaban J connectivity index is 0.00000196. The average molecular weight is 446 g/mol. The first-order chi connectivity index (χ1) is 12.7. The highest BCUT2D eigenvalue weighted by atomic mass is 35.5. The van der Waals surface area contributed by atoms with E-state index >= 15 is 0 Å². The molecule has 3 rings (SSSR count). The molecule has 0 radical (unpaired) electrons. The van der Waals surface area contributed by atoms with E-state index in [2.05, 4.69) is 17.2 Å². The molecule has 156 valence electrons. The van der Waals surface area contributed by atoms with Crippen molar-refractivity contribution >= 4 is 42.1 Å². The second-order valence-corrected chi connectivity index (χ2v) is 7.78. The highest BCUT2D eigenvalue weighted by Crippen LogP contribution is 2.21. The molecule has 1 saturated heterocycles. The molecule has 0 unspecified atom stereocenters. The summed E-state index contributed by atoms with van der Waals surface area (Å²) >= 11 is 1.61. The fourth-order valence-corrected chi connectivity index (χ4v) is 3.82. The van der Waals surface area contributed by atoms with Gasteiger partial charge in [-0.25, -0.2) is 4.98 Å². The van der Waals surface area contributed by atoms with Crippen LogP contribution in [0.4, 0.5) is 0 Å². The molecule has 5 nitrogen and oxygen atoms in total. The van der Waals surface area contributed by atoms with E-state index in [1.165, 1.54) is 0 Å². The summed E-state index contributed by atoms with van der Waals surface area (Å²) in [7, 11) is 0. The summed E-state index contributed by atoms with van der Waals surface area (Å²) in [5.74, 6) is 1.49. The van der Waals surface area contributed by atoms with Crippen molar-refractivity contribution in [2.75, 3.05) is 26.2 Å². The van der Waals surface area contributed by atoms with Crippen LogP contribution in [-0.2, 0) is 6.61 Å². The molecular formula is C20H29Cl2N3O2S. The van der Waals surface area contributed by atoms with Crippen molar-refractivity contribution in [2.45, 2.75) is 33.3 Å². The molecule has 1 fully saturated rings. The number of carbonyl (C=O) groups is 1. The maximum Gasteiger partial charge on any atom is 0.253 e. The topological polar surface area (TPSA) is 54.5 Å². The third-order valence-electron chi connectivity index (χ3n) is 4.72. The first kappa shape index (κ1) is 24.7. The van der Waals surface area contributed by atoms with E-state index in [0.717, 1.165) is 49.7 Å². The van der Waals surface area contributed by atoms with E-state index in [9.17, 15) is 4.79 Å². The van der Waals surface area contributed by atoms with E-state index in [1.54, 1.807) is 11.3 Å². The lowest BCUT2D eigenvalue weighted by Gasteiger charge is -2.32. The van der Waals surface area contributed by atoms with Gasteiger partial charge >= 0.3 is 0 Å². The third kappa shape index (κ3) is 6.92. The fourth-order valence-electron chi connectivity index (χ4n) is 3.22. The number of hydrogen-bond acceptors (Lipinski definition) is 5.